The number of hydrogen-bond donors (Lipinski definition) is 21. The van der Waals surface area contributed by atoms with E-state index in [0.717, 1.165) is 88.9 Å². The van der Waals surface area contributed by atoms with E-state index in [-0.39, 0.29) is 133 Å². The Hall–Kier alpha value is -8.60. The second-order valence-electron chi connectivity index (χ2n) is 45.2. The number of carbonyl (C=O) groups excluding carboxylic acids is 14. The third-order valence-electron chi connectivity index (χ3n) is 21.6. The average molecular weight is 2140 g/mol. The molecule has 23 N–H and O–H groups in total. The summed E-state index contributed by atoms with van der Waals surface area (Å²) in [6.07, 6.45) is 13.3. The van der Waals surface area contributed by atoms with Crippen LogP contribution in [-0.4, -0.2) is 296 Å². The van der Waals surface area contributed by atoms with Crippen molar-refractivity contribution in [2.24, 2.45) is 58.8 Å². The largest absolute Gasteiger partial charge is 0.481 e. The molecule has 10 atom stereocenters. The molecular formula is C111H227N21O18. The number of amides is 13. The fraction of sp³-hybridized carbons (Fsp3) is 0.856. The molecule has 0 rings (SSSR count). The van der Waals surface area contributed by atoms with Gasteiger partial charge in [0.1, 0.15) is 18.1 Å². The van der Waals surface area contributed by atoms with Crippen LogP contribution in [-0.2, 0) is 76.7 Å². The number of primary amides is 1. The number of hydrogen-bond acceptors (Lipinski definition) is 24. The van der Waals surface area contributed by atoms with Gasteiger partial charge in [-0.25, -0.2) is 0 Å². The molecule has 0 saturated heterocycles. The van der Waals surface area contributed by atoms with Gasteiger partial charge in [0.25, 0.3) is 0 Å². The number of nitrogens with one attached hydrogen (secondary N) is 17. The van der Waals surface area contributed by atoms with Crippen LogP contribution in [0.1, 0.15) is 392 Å². The monoisotopic (exact) mass is 2140 g/mol. The van der Waals surface area contributed by atoms with Gasteiger partial charge in [0.05, 0.1) is 62.7 Å². The van der Waals surface area contributed by atoms with Crippen LogP contribution < -0.4 is 102 Å². The van der Waals surface area contributed by atoms with Crippen molar-refractivity contribution in [3.63, 3.8) is 0 Å². The maximum atomic E-state index is 13.0. The number of unbranched alkanes of at least 4 members (excludes halogenated alkanes) is 2. The molecule has 0 saturated carbocycles. The van der Waals surface area contributed by atoms with Gasteiger partial charge >= 0.3 is 11.9 Å². The molecule has 0 spiro atoms. The van der Waals surface area contributed by atoms with Crippen molar-refractivity contribution in [2.75, 3.05) is 73.0 Å². The molecule has 0 aromatic rings. The minimum Gasteiger partial charge on any atom is -0.481 e. The number of nitrogens with two attached hydrogens (primary N) is 2. The summed E-state index contributed by atoms with van der Waals surface area (Å²) in [5, 5.41) is 67.6. The van der Waals surface area contributed by atoms with E-state index in [1.54, 1.807) is 13.8 Å². The normalized spacial score (nSPS) is 13.1. The highest BCUT2D eigenvalue weighted by Gasteiger charge is 2.33. The molecule has 0 aliphatic rings. The van der Waals surface area contributed by atoms with Gasteiger partial charge in [-0.1, -0.05) is 194 Å². The van der Waals surface area contributed by atoms with Gasteiger partial charge in [-0.05, 0) is 227 Å². The van der Waals surface area contributed by atoms with E-state index in [1.807, 2.05) is 166 Å². The average Bonchev–Trinajstić information content (AvgIpc) is 0.875. The van der Waals surface area contributed by atoms with Crippen LogP contribution in [0.5, 0.6) is 0 Å². The number of nitrogens with zero attached hydrogens (tertiary/aromatic N) is 2. The van der Waals surface area contributed by atoms with Gasteiger partial charge < -0.3 is 122 Å². The Morgan fingerprint density at radius 1 is 0.267 bits per heavy atom. The summed E-state index contributed by atoms with van der Waals surface area (Å²) in [4.78, 5) is 193. The van der Waals surface area contributed by atoms with Crippen LogP contribution in [0.15, 0.2) is 0 Å². The zero-order chi connectivity index (χ0) is 118. The van der Waals surface area contributed by atoms with E-state index in [9.17, 15) is 81.8 Å². The first-order valence-corrected chi connectivity index (χ1v) is 55.9. The third kappa shape index (κ3) is 106. The Labute approximate surface area is 909 Å². The summed E-state index contributed by atoms with van der Waals surface area (Å²) in [5.74, 6) is -1.95. The summed E-state index contributed by atoms with van der Waals surface area (Å²) in [6, 6.07) is -3.40. The number of aliphatic carboxylic acids is 2. The maximum Gasteiger partial charge on any atom is 0.305 e. The highest BCUT2D eigenvalue weighted by molar-refractivity contribution is 5.97. The van der Waals surface area contributed by atoms with Crippen molar-refractivity contribution < 1.29 is 86.9 Å². The summed E-state index contributed by atoms with van der Waals surface area (Å²) < 4.78 is 0. The summed E-state index contributed by atoms with van der Waals surface area (Å²) in [5.41, 5.74) is 10.9. The first kappa shape index (κ1) is 157. The smallest absolute Gasteiger partial charge is 0.305 e. The molecule has 39 nitrogen and oxygen atoms in total. The zero-order valence-corrected chi connectivity index (χ0v) is 101. The lowest BCUT2D eigenvalue weighted by Crippen LogP contribution is -2.55. The van der Waals surface area contributed by atoms with Crippen LogP contribution >= 0.6 is 0 Å². The number of ketones is 1. The Bertz CT molecular complexity index is 3530. The van der Waals surface area contributed by atoms with Crippen molar-refractivity contribution in [1.29, 1.82) is 0 Å². The second kappa shape index (κ2) is 95.1. The van der Waals surface area contributed by atoms with Crippen molar-refractivity contribution in [1.82, 2.24) is 100 Å². The van der Waals surface area contributed by atoms with Crippen LogP contribution in [0, 0.1) is 47.3 Å². The van der Waals surface area contributed by atoms with E-state index in [0.29, 0.717) is 106 Å². The summed E-state index contributed by atoms with van der Waals surface area (Å²) in [6.45, 7) is 80.8. The number of rotatable bonds is 70. The minimum atomic E-state index is -1.43. The predicted octanol–water partition coefficient (Wildman–Crippen LogP) is 10.4. The fourth-order valence-corrected chi connectivity index (χ4v) is 14.3. The first-order valence-electron chi connectivity index (χ1n) is 55.9. The Morgan fingerprint density at radius 2 is 0.587 bits per heavy atom. The lowest BCUT2D eigenvalue weighted by atomic mass is 9.98. The highest BCUT2D eigenvalue weighted by Crippen LogP contribution is 2.15. The number of carbonyl (C=O) groups is 16. The maximum absolute atomic E-state index is 13.0. The van der Waals surface area contributed by atoms with Crippen molar-refractivity contribution >= 4 is 94.5 Å². The van der Waals surface area contributed by atoms with Crippen LogP contribution in [0.3, 0.4) is 0 Å². The molecular weight excluding hydrogens is 1920 g/mol. The van der Waals surface area contributed by atoms with Gasteiger partial charge in [0, 0.05) is 119 Å². The van der Waals surface area contributed by atoms with E-state index in [2.05, 4.69) is 173 Å². The quantitative estimate of drug-likeness (QED) is 0.0252. The van der Waals surface area contributed by atoms with E-state index >= 15 is 0 Å². The number of Topliss-reactive ketones (excluding diaryl/α,β-unsaturated/α-hetero) is 1. The molecule has 0 heterocycles. The van der Waals surface area contributed by atoms with Crippen LogP contribution in [0.2, 0.25) is 0 Å². The molecule has 0 aromatic carbocycles. The molecule has 0 radical (unpaired) electrons. The topological polar surface area (TPSA) is 577 Å². The fourth-order valence-electron chi connectivity index (χ4n) is 14.3. The summed E-state index contributed by atoms with van der Waals surface area (Å²) in [7, 11) is 2.89. The zero-order valence-electron chi connectivity index (χ0n) is 101. The molecule has 0 aliphatic heterocycles. The molecule has 884 valence electrons. The number of carboxylic acids is 2. The predicted molar refractivity (Wildman–Crippen MR) is 610 cm³/mol. The molecule has 0 bridgehead atoms. The van der Waals surface area contributed by atoms with Crippen molar-refractivity contribution in [3.05, 3.63) is 0 Å². The Kier molecular flexibility index (Phi) is 99.3. The van der Waals surface area contributed by atoms with Crippen LogP contribution in [0.4, 0.5) is 0 Å². The molecule has 0 fully saturated rings. The van der Waals surface area contributed by atoms with E-state index < -0.39 is 90.6 Å². The molecule has 39 heteroatoms. The Balaban J connectivity index is -0.000000269. The van der Waals surface area contributed by atoms with E-state index in [1.165, 1.54) is 43.2 Å². The minimum absolute atomic E-state index is 0.0636. The van der Waals surface area contributed by atoms with Crippen LogP contribution in [0.25, 0.3) is 0 Å². The SMILES string of the molecule is CC(C)CCCNC(=O)CCC(C)C.CC(C)CCCNC(=O)[C@@H](C)CC(C)C.CC(C)CCCNC(=O)[C@H](C)CC(C)C.CC(C)NC(=O)[C@@H](C)NC(C)C.CC(C)NC(=O)[C@H](C)NC(C)C.CC(C)NCC(=O)NC(C)C.CC(C)NCCCC(=O)[C@H](CCCCN)NC(=O)[C@H](CC(=O)O)NC(=O)CN(C)C(=O)[C@H](C)NC(C)C.CC(C)NCCCC[C@H](NC(=O)[C@H](CC(=O)O)NC(=O)CN(C)C(=O)[C@H](C)NC(C)C)C(N)=O. The number of carboxylic acid groups (broad SMARTS) is 2. The summed E-state index contributed by atoms with van der Waals surface area (Å²) >= 11 is 0. The first-order chi connectivity index (χ1) is 69.3. The lowest BCUT2D eigenvalue weighted by Gasteiger charge is -2.25. The number of likely N-dealkylation sites (N-methyl/N-ethyl adjacent to an activating group) is 2. The van der Waals surface area contributed by atoms with Crippen molar-refractivity contribution in [3.8, 4) is 0 Å². The van der Waals surface area contributed by atoms with Crippen molar-refractivity contribution in [2.45, 2.75) is 500 Å². The third-order valence-corrected chi connectivity index (χ3v) is 21.6. The van der Waals surface area contributed by atoms with Gasteiger partial charge in [0.2, 0.25) is 76.8 Å². The van der Waals surface area contributed by atoms with Gasteiger partial charge in [-0.15, -0.1) is 0 Å². The Morgan fingerprint density at radius 3 is 0.893 bits per heavy atom. The second-order valence-corrected chi connectivity index (χ2v) is 45.2. The molecule has 13 amide bonds. The molecule has 150 heavy (non-hydrogen) atoms. The standard InChI is InChI=1S/C25H48N6O6.C22H42N6O6.2C13H27NO.C12H25NO.2C9H20N2O.C8H18N2O/c1-16(2)27-13-9-11-21(32)19(10-7-8-12-26)30-24(36)20(14-23(34)35)29-22(33)15-31(6)25(37)18(5)28-17(3)4;1-13(2)24-10-8-7-9-16(20(23)32)27-21(33)17(11-19(30)31)26-18(29)12-28(6)22(34)15(5)25-14(3)4;2*1-10(2)7-6-8-14-13(15)12(5)9-11(3)4;1-10(2)6-5-9-13-12(14)8-7-11(3)4;2*1-6(2)10-8(5)9(12)11-7(3)4;1-6(2)9-5-8(11)10-7(3)4/h16-20,27-28H,7-15,26H2,1-6H3,(H,29,33)(H,30,36)(H,34,35);13-17,24-25H,7-12H2,1-6H3,(H2,23,32)(H,26,29)(H,27,33)(H,30,31);2*10-12H,6-9H2,1-5H3,(H,14,15);10-11H,5-9H2,1-4H3,(H,13,14);2*6-8,10H,1-5H3,(H,11,12);6-7,9H,5H2,1-4H3,(H,10,11)/t18-,19-,20-;15-,16-,17-;2*12-;;2*8-;/m0010.10./s1. The molecule has 0 aliphatic carbocycles. The molecule has 0 unspecified atom stereocenters. The van der Waals surface area contributed by atoms with Gasteiger partial charge in [0.15, 0.2) is 5.78 Å². The van der Waals surface area contributed by atoms with Gasteiger partial charge in [-0.3, -0.25) is 76.7 Å². The van der Waals surface area contributed by atoms with E-state index in [4.69, 9.17) is 16.6 Å². The van der Waals surface area contributed by atoms with Gasteiger partial charge in [-0.2, -0.15) is 0 Å². The highest BCUT2D eigenvalue weighted by atomic mass is 16.4. The lowest BCUT2D eigenvalue weighted by molar-refractivity contribution is -0.142. The molecule has 0 aromatic heterocycles.